The Kier molecular flexibility index (Phi) is 3.70. The van der Waals surface area contributed by atoms with E-state index < -0.39 is 0 Å². The van der Waals surface area contributed by atoms with E-state index in [9.17, 15) is 9.59 Å². The molecule has 5 heteroatoms. The third-order valence-electron chi connectivity index (χ3n) is 4.13. The Labute approximate surface area is 143 Å². The second-order valence-electron chi connectivity index (χ2n) is 5.55. The Bertz CT molecular complexity index is 883. The smallest absolute Gasteiger partial charge is 0.261 e. The zero-order valence-electron chi connectivity index (χ0n) is 12.8. The molecule has 0 aliphatic carbocycles. The molecule has 0 bridgehead atoms. The highest BCUT2D eigenvalue weighted by molar-refractivity contribution is 7.10. The van der Waals surface area contributed by atoms with Crippen molar-refractivity contribution >= 4 is 23.2 Å². The summed E-state index contributed by atoms with van der Waals surface area (Å²) in [6.07, 6.45) is 0.611. The highest BCUT2D eigenvalue weighted by atomic mass is 32.1. The summed E-state index contributed by atoms with van der Waals surface area (Å²) in [6.45, 7) is 0.369. The van der Waals surface area contributed by atoms with Crippen LogP contribution in [0, 0.1) is 0 Å². The van der Waals surface area contributed by atoms with Gasteiger partial charge in [0.15, 0.2) is 0 Å². The fourth-order valence-electron chi connectivity index (χ4n) is 2.93. The first-order chi connectivity index (χ1) is 11.8. The molecule has 0 fully saturated rings. The fraction of sp³-hybridized carbons (Fsp3) is 0.105. The Morgan fingerprint density at radius 2 is 1.50 bits per heavy atom. The van der Waals surface area contributed by atoms with Crippen molar-refractivity contribution in [1.29, 1.82) is 0 Å². The molecule has 0 radical (unpaired) electrons. The summed E-state index contributed by atoms with van der Waals surface area (Å²) in [7, 11) is 0. The van der Waals surface area contributed by atoms with E-state index in [0.29, 0.717) is 24.1 Å². The summed E-state index contributed by atoms with van der Waals surface area (Å²) in [5.41, 5.74) is 4.78. The summed E-state index contributed by atoms with van der Waals surface area (Å²) in [5, 5.41) is 0. The van der Waals surface area contributed by atoms with Crippen molar-refractivity contribution in [3.63, 3.8) is 0 Å². The van der Waals surface area contributed by atoms with Gasteiger partial charge in [-0.15, -0.1) is 11.3 Å². The number of imide groups is 1. The monoisotopic (exact) mass is 334 g/mol. The number of thiazole rings is 1. The number of benzene rings is 2. The van der Waals surface area contributed by atoms with E-state index in [1.54, 1.807) is 41.1 Å². The third kappa shape index (κ3) is 2.43. The lowest BCUT2D eigenvalue weighted by molar-refractivity contribution is 0.0656. The van der Waals surface area contributed by atoms with Crippen molar-refractivity contribution in [1.82, 2.24) is 9.88 Å². The highest BCUT2D eigenvalue weighted by Gasteiger charge is 2.34. The topological polar surface area (TPSA) is 50.3 Å². The molecule has 2 aromatic carbocycles. The first-order valence-corrected chi connectivity index (χ1v) is 8.56. The van der Waals surface area contributed by atoms with Gasteiger partial charge in [0.2, 0.25) is 0 Å². The minimum absolute atomic E-state index is 0.207. The zero-order valence-corrected chi connectivity index (χ0v) is 13.6. The first kappa shape index (κ1) is 14.8. The molecule has 0 spiro atoms. The van der Waals surface area contributed by atoms with Gasteiger partial charge in [0.05, 0.1) is 22.3 Å². The molecule has 0 N–H and O–H groups in total. The molecule has 4 rings (SSSR count). The van der Waals surface area contributed by atoms with Gasteiger partial charge in [0, 0.05) is 23.4 Å². The van der Waals surface area contributed by atoms with Crippen LogP contribution in [-0.4, -0.2) is 28.2 Å². The Morgan fingerprint density at radius 3 is 2.17 bits per heavy atom. The number of hydrogen-bond acceptors (Lipinski definition) is 4. The van der Waals surface area contributed by atoms with E-state index in [1.165, 1.54) is 4.90 Å². The molecular weight excluding hydrogens is 320 g/mol. The van der Waals surface area contributed by atoms with Crippen molar-refractivity contribution in [3.8, 4) is 11.3 Å². The lowest BCUT2D eigenvalue weighted by Crippen LogP contribution is -2.31. The molecule has 24 heavy (non-hydrogen) atoms. The van der Waals surface area contributed by atoms with E-state index in [2.05, 4.69) is 4.98 Å². The molecule has 118 valence electrons. The van der Waals surface area contributed by atoms with Gasteiger partial charge in [-0.1, -0.05) is 42.5 Å². The van der Waals surface area contributed by atoms with Crippen molar-refractivity contribution < 1.29 is 9.59 Å². The number of nitrogens with zero attached hydrogens (tertiary/aromatic N) is 2. The average Bonchev–Trinajstić information content (AvgIpc) is 3.19. The maximum atomic E-state index is 12.4. The molecule has 1 aliphatic rings. The van der Waals surface area contributed by atoms with E-state index in [4.69, 9.17) is 0 Å². The van der Waals surface area contributed by atoms with Gasteiger partial charge in [-0.25, -0.2) is 4.98 Å². The van der Waals surface area contributed by atoms with Gasteiger partial charge in [0.1, 0.15) is 0 Å². The molecule has 1 aromatic heterocycles. The lowest BCUT2D eigenvalue weighted by atomic mass is 10.1. The Hall–Kier alpha value is -2.79. The molecule has 1 aliphatic heterocycles. The largest absolute Gasteiger partial charge is 0.274 e. The van der Waals surface area contributed by atoms with E-state index in [1.807, 2.05) is 30.3 Å². The van der Waals surface area contributed by atoms with E-state index >= 15 is 0 Å². The standard InChI is InChI=1S/C19H14N2O2S/c22-18-14-8-4-5-9-15(14)19(23)21(18)11-10-16-17(20-12-24-16)13-6-2-1-3-7-13/h1-9,12H,10-11H2. The first-order valence-electron chi connectivity index (χ1n) is 7.68. The van der Waals surface area contributed by atoms with Crippen LogP contribution in [0.25, 0.3) is 11.3 Å². The van der Waals surface area contributed by atoms with E-state index in [0.717, 1.165) is 16.1 Å². The molecule has 0 saturated carbocycles. The maximum Gasteiger partial charge on any atom is 0.261 e. The molecular formula is C19H14N2O2S. The highest BCUT2D eigenvalue weighted by Crippen LogP contribution is 2.27. The van der Waals surface area contributed by atoms with Crippen LogP contribution in [-0.2, 0) is 6.42 Å². The predicted molar refractivity (Wildman–Crippen MR) is 93.1 cm³/mol. The molecule has 0 atom stereocenters. The molecule has 2 amide bonds. The van der Waals surface area contributed by atoms with Gasteiger partial charge in [-0.05, 0) is 12.1 Å². The maximum absolute atomic E-state index is 12.4. The number of rotatable bonds is 4. The van der Waals surface area contributed by atoms with Crippen molar-refractivity contribution in [3.05, 3.63) is 76.1 Å². The van der Waals surface area contributed by atoms with Gasteiger partial charge >= 0.3 is 0 Å². The van der Waals surface area contributed by atoms with Crippen LogP contribution in [0.5, 0.6) is 0 Å². The second-order valence-corrected chi connectivity index (χ2v) is 6.49. The lowest BCUT2D eigenvalue weighted by Gasteiger charge is -2.13. The zero-order chi connectivity index (χ0) is 16.5. The van der Waals surface area contributed by atoms with Crippen molar-refractivity contribution in [2.75, 3.05) is 6.54 Å². The Morgan fingerprint density at radius 1 is 0.875 bits per heavy atom. The SMILES string of the molecule is O=C1c2ccccc2C(=O)N1CCc1scnc1-c1ccccc1. The predicted octanol–water partition coefficient (Wildman–Crippen LogP) is 3.65. The van der Waals surface area contributed by atoms with Crippen molar-refractivity contribution in [2.45, 2.75) is 6.42 Å². The fourth-order valence-corrected chi connectivity index (χ4v) is 3.71. The van der Waals surface area contributed by atoms with Gasteiger partial charge in [-0.3, -0.25) is 14.5 Å². The summed E-state index contributed by atoms with van der Waals surface area (Å²) in [5.74, 6) is -0.414. The van der Waals surface area contributed by atoms with E-state index in [-0.39, 0.29) is 11.8 Å². The van der Waals surface area contributed by atoms with Gasteiger partial charge in [-0.2, -0.15) is 0 Å². The average molecular weight is 334 g/mol. The second kappa shape index (κ2) is 6.02. The minimum atomic E-state index is -0.207. The molecule has 0 unspecified atom stereocenters. The summed E-state index contributed by atoms with van der Waals surface area (Å²) in [4.78, 5) is 31.7. The molecule has 2 heterocycles. The minimum Gasteiger partial charge on any atom is -0.274 e. The quantitative estimate of drug-likeness (QED) is 0.684. The van der Waals surface area contributed by atoms with Crippen LogP contribution in [0.1, 0.15) is 25.6 Å². The van der Waals surface area contributed by atoms with Crippen LogP contribution in [0.4, 0.5) is 0 Å². The normalized spacial score (nSPS) is 13.4. The van der Waals surface area contributed by atoms with Gasteiger partial charge < -0.3 is 0 Å². The van der Waals surface area contributed by atoms with Crippen LogP contribution < -0.4 is 0 Å². The van der Waals surface area contributed by atoms with Crippen LogP contribution in [0.2, 0.25) is 0 Å². The number of hydrogen-bond donors (Lipinski definition) is 0. The Balaban J connectivity index is 1.55. The summed E-state index contributed by atoms with van der Waals surface area (Å²) >= 11 is 1.55. The number of carbonyl (C=O) groups excluding carboxylic acids is 2. The number of fused-ring (bicyclic) bond motifs is 1. The number of carbonyl (C=O) groups is 2. The van der Waals surface area contributed by atoms with Crippen LogP contribution >= 0.6 is 11.3 Å². The number of amides is 2. The summed E-state index contributed by atoms with van der Waals surface area (Å²) in [6, 6.07) is 16.9. The molecule has 0 saturated heterocycles. The number of aromatic nitrogens is 1. The van der Waals surface area contributed by atoms with Gasteiger partial charge in [0.25, 0.3) is 11.8 Å². The van der Waals surface area contributed by atoms with Crippen molar-refractivity contribution in [2.24, 2.45) is 0 Å². The van der Waals surface area contributed by atoms with Crippen LogP contribution in [0.15, 0.2) is 60.1 Å². The summed E-state index contributed by atoms with van der Waals surface area (Å²) < 4.78 is 0. The molecule has 4 nitrogen and oxygen atoms in total. The molecule has 3 aromatic rings. The third-order valence-corrected chi connectivity index (χ3v) is 5.02. The van der Waals surface area contributed by atoms with Crippen LogP contribution in [0.3, 0.4) is 0 Å².